The van der Waals surface area contributed by atoms with E-state index in [0.29, 0.717) is 6.67 Å². The highest BCUT2D eigenvalue weighted by Gasteiger charge is 2.21. The van der Waals surface area contributed by atoms with Crippen LogP contribution < -0.4 is 4.90 Å². The Kier molecular flexibility index (Phi) is 3.53. The zero-order chi connectivity index (χ0) is 14.1. The Balaban J connectivity index is 2.14. The summed E-state index contributed by atoms with van der Waals surface area (Å²) in [7, 11) is 0. The van der Waals surface area contributed by atoms with Crippen molar-refractivity contribution in [2.75, 3.05) is 17.8 Å². The van der Waals surface area contributed by atoms with E-state index < -0.39 is 0 Å². The van der Waals surface area contributed by atoms with Gasteiger partial charge in [0.15, 0.2) is 0 Å². The molecule has 0 amide bonds. The summed E-state index contributed by atoms with van der Waals surface area (Å²) in [5.74, 6) is 0. The molecular weight excluding hydrogens is 264 g/mol. The average Bonchev–Trinajstić information content (AvgIpc) is 2.49. The van der Waals surface area contributed by atoms with Crippen LogP contribution >= 0.6 is 11.8 Å². The first kappa shape index (κ1) is 13.3. The summed E-state index contributed by atoms with van der Waals surface area (Å²) in [6, 6.07) is 15.0. The van der Waals surface area contributed by atoms with Crippen LogP contribution in [0.5, 0.6) is 0 Å². The van der Waals surface area contributed by atoms with E-state index in [-0.39, 0.29) is 0 Å². The summed E-state index contributed by atoms with van der Waals surface area (Å²) >= 11 is 1.72. The molecule has 3 rings (SSSR count). The number of anilines is 2. The molecule has 0 N–H and O–H groups in total. The van der Waals surface area contributed by atoms with Crippen LogP contribution in [0.25, 0.3) is 0 Å². The molecule has 0 unspecified atom stereocenters. The zero-order valence-corrected chi connectivity index (χ0v) is 12.9. The highest BCUT2D eigenvalue weighted by atomic mass is 32.2. The standard InChI is InChI=1S/C17H18N2S/c1-12-7-6-10-15(13(12)2)19-11-18-17(20-3)14-8-4-5-9-16(14)19/h4-10H,11H2,1-3H3. The second-order valence-electron chi connectivity index (χ2n) is 4.97. The molecule has 2 aromatic carbocycles. The Morgan fingerprint density at radius 1 is 1.00 bits per heavy atom. The number of benzene rings is 2. The van der Waals surface area contributed by atoms with Crippen molar-refractivity contribution in [3.8, 4) is 0 Å². The summed E-state index contributed by atoms with van der Waals surface area (Å²) in [6.07, 6.45) is 2.09. The fourth-order valence-corrected chi connectivity index (χ4v) is 3.17. The maximum atomic E-state index is 4.72. The molecule has 0 saturated heterocycles. The van der Waals surface area contributed by atoms with Crippen LogP contribution in [-0.2, 0) is 0 Å². The molecule has 0 spiro atoms. The van der Waals surface area contributed by atoms with Gasteiger partial charge in [0.25, 0.3) is 0 Å². The molecule has 0 aliphatic carbocycles. The summed E-state index contributed by atoms with van der Waals surface area (Å²) in [5.41, 5.74) is 6.37. The fourth-order valence-electron chi connectivity index (χ4n) is 2.59. The fraction of sp³-hybridized carbons (Fsp3) is 0.235. The molecular formula is C17H18N2S. The summed E-state index contributed by atoms with van der Waals surface area (Å²) in [5, 5.41) is 1.13. The van der Waals surface area contributed by atoms with Crippen molar-refractivity contribution in [1.29, 1.82) is 0 Å². The Bertz CT molecular complexity index is 676. The molecule has 20 heavy (non-hydrogen) atoms. The summed E-state index contributed by atoms with van der Waals surface area (Å²) in [6.45, 7) is 5.03. The van der Waals surface area contributed by atoms with Crippen LogP contribution in [0.15, 0.2) is 47.5 Å². The van der Waals surface area contributed by atoms with E-state index in [2.05, 4.69) is 67.5 Å². The first-order valence-electron chi connectivity index (χ1n) is 6.74. The summed E-state index contributed by atoms with van der Waals surface area (Å²) in [4.78, 5) is 7.03. The van der Waals surface area contributed by atoms with Crippen molar-refractivity contribution in [3.63, 3.8) is 0 Å². The Morgan fingerprint density at radius 3 is 2.55 bits per heavy atom. The quantitative estimate of drug-likeness (QED) is 0.764. The van der Waals surface area contributed by atoms with Crippen molar-refractivity contribution in [1.82, 2.24) is 0 Å². The van der Waals surface area contributed by atoms with Gasteiger partial charge in [-0.25, -0.2) is 0 Å². The van der Waals surface area contributed by atoms with Crippen LogP contribution in [0.3, 0.4) is 0 Å². The number of fused-ring (bicyclic) bond motifs is 1. The predicted molar refractivity (Wildman–Crippen MR) is 89.4 cm³/mol. The molecule has 102 valence electrons. The third kappa shape index (κ3) is 2.12. The second-order valence-corrected chi connectivity index (χ2v) is 5.77. The van der Waals surface area contributed by atoms with Crippen molar-refractivity contribution < 1.29 is 0 Å². The number of nitrogens with zero attached hydrogens (tertiary/aromatic N) is 2. The number of para-hydroxylation sites is 1. The average molecular weight is 282 g/mol. The predicted octanol–water partition coefficient (Wildman–Crippen LogP) is 4.52. The Hall–Kier alpha value is -1.74. The molecule has 3 heteroatoms. The number of hydrogen-bond donors (Lipinski definition) is 0. The van der Waals surface area contributed by atoms with Gasteiger partial charge in [-0.1, -0.05) is 30.3 Å². The van der Waals surface area contributed by atoms with Crippen molar-refractivity contribution >= 4 is 28.2 Å². The lowest BCUT2D eigenvalue weighted by molar-refractivity contribution is 0.961. The summed E-state index contributed by atoms with van der Waals surface area (Å²) < 4.78 is 0. The maximum absolute atomic E-state index is 4.72. The zero-order valence-electron chi connectivity index (χ0n) is 12.1. The highest BCUT2D eigenvalue weighted by Crippen LogP contribution is 2.36. The topological polar surface area (TPSA) is 15.6 Å². The van der Waals surface area contributed by atoms with Gasteiger partial charge < -0.3 is 4.90 Å². The Labute approximate surface area is 124 Å². The van der Waals surface area contributed by atoms with Crippen molar-refractivity contribution in [2.24, 2.45) is 4.99 Å². The second kappa shape index (κ2) is 5.33. The Morgan fingerprint density at radius 2 is 1.75 bits per heavy atom. The van der Waals surface area contributed by atoms with Gasteiger partial charge in [0.2, 0.25) is 0 Å². The van der Waals surface area contributed by atoms with E-state index in [9.17, 15) is 0 Å². The van der Waals surface area contributed by atoms with Gasteiger partial charge in [0.1, 0.15) is 11.7 Å². The van der Waals surface area contributed by atoms with Gasteiger partial charge in [-0.15, -0.1) is 11.8 Å². The monoisotopic (exact) mass is 282 g/mol. The molecule has 1 aliphatic heterocycles. The highest BCUT2D eigenvalue weighted by molar-refractivity contribution is 8.13. The first-order valence-corrected chi connectivity index (χ1v) is 7.96. The number of thioether (sulfide) groups is 1. The molecule has 0 aromatic heterocycles. The largest absolute Gasteiger partial charge is 0.320 e. The van der Waals surface area contributed by atoms with Crippen molar-refractivity contribution in [2.45, 2.75) is 13.8 Å². The smallest absolute Gasteiger partial charge is 0.116 e. The van der Waals surface area contributed by atoms with Gasteiger partial charge in [0, 0.05) is 11.3 Å². The molecule has 1 heterocycles. The molecule has 1 aliphatic rings. The third-order valence-electron chi connectivity index (χ3n) is 3.84. The molecule has 0 atom stereocenters. The van der Waals surface area contributed by atoms with E-state index in [1.54, 1.807) is 11.8 Å². The molecule has 0 bridgehead atoms. The first-order chi connectivity index (χ1) is 9.72. The van der Waals surface area contributed by atoms with Crippen LogP contribution in [-0.4, -0.2) is 18.0 Å². The van der Waals surface area contributed by atoms with Crippen LogP contribution in [0.2, 0.25) is 0 Å². The van der Waals surface area contributed by atoms with Gasteiger partial charge in [-0.3, -0.25) is 4.99 Å². The molecule has 0 saturated carbocycles. The van der Waals surface area contributed by atoms with E-state index in [1.807, 2.05) is 0 Å². The van der Waals surface area contributed by atoms with E-state index >= 15 is 0 Å². The van der Waals surface area contributed by atoms with E-state index in [1.165, 1.54) is 28.1 Å². The number of rotatable bonds is 1. The SMILES string of the molecule is CSC1=NCN(c2cccc(C)c2C)c2ccccc21. The van der Waals surface area contributed by atoms with Gasteiger partial charge in [-0.2, -0.15) is 0 Å². The van der Waals surface area contributed by atoms with E-state index in [4.69, 9.17) is 4.99 Å². The van der Waals surface area contributed by atoms with Gasteiger partial charge in [0.05, 0.1) is 5.69 Å². The van der Waals surface area contributed by atoms with Gasteiger partial charge >= 0.3 is 0 Å². The normalized spacial score (nSPS) is 13.9. The number of hydrogen-bond acceptors (Lipinski definition) is 3. The number of aryl methyl sites for hydroxylation is 1. The minimum atomic E-state index is 0.692. The number of aliphatic imine (C=N–C) groups is 1. The van der Waals surface area contributed by atoms with Gasteiger partial charge in [-0.05, 0) is 43.4 Å². The minimum Gasteiger partial charge on any atom is -0.320 e. The molecule has 0 fully saturated rings. The van der Waals surface area contributed by atoms with Crippen LogP contribution in [0, 0.1) is 13.8 Å². The lowest BCUT2D eigenvalue weighted by Gasteiger charge is -2.31. The lowest BCUT2D eigenvalue weighted by Crippen LogP contribution is -2.25. The molecule has 2 nitrogen and oxygen atoms in total. The van der Waals surface area contributed by atoms with Crippen LogP contribution in [0.4, 0.5) is 11.4 Å². The third-order valence-corrected chi connectivity index (χ3v) is 4.58. The van der Waals surface area contributed by atoms with Crippen molar-refractivity contribution in [3.05, 3.63) is 59.2 Å². The lowest BCUT2D eigenvalue weighted by atomic mass is 10.1. The minimum absolute atomic E-state index is 0.692. The molecule has 0 radical (unpaired) electrons. The van der Waals surface area contributed by atoms with E-state index in [0.717, 1.165) is 5.04 Å². The molecule has 2 aromatic rings. The van der Waals surface area contributed by atoms with Crippen LogP contribution in [0.1, 0.15) is 16.7 Å². The maximum Gasteiger partial charge on any atom is 0.116 e.